The highest BCUT2D eigenvalue weighted by molar-refractivity contribution is 5.94. The average molecular weight is 812 g/mol. The lowest BCUT2D eigenvalue weighted by atomic mass is 9.77. The van der Waals surface area contributed by atoms with Crippen LogP contribution in [0.4, 0.5) is 17.1 Å². The minimum Gasteiger partial charge on any atom is -0.497 e. The van der Waals surface area contributed by atoms with Crippen LogP contribution < -0.4 is 19.7 Å². The number of nitrogens with one attached hydrogen (secondary N) is 1. The molecule has 11 nitrogen and oxygen atoms in total. The first-order chi connectivity index (χ1) is 29.2. The summed E-state index contributed by atoms with van der Waals surface area (Å²) in [6.07, 6.45) is 4.01. The normalized spacial score (nSPS) is 13.8. The second-order valence-corrected chi connectivity index (χ2v) is 15.6. The quantitative estimate of drug-likeness (QED) is 0.0484. The van der Waals surface area contributed by atoms with E-state index >= 15 is 0 Å². The molecule has 0 spiro atoms. The summed E-state index contributed by atoms with van der Waals surface area (Å²) in [4.78, 5) is 30.0. The first kappa shape index (κ1) is 43.5. The van der Waals surface area contributed by atoms with Crippen molar-refractivity contribution in [2.75, 3.05) is 66.1 Å². The number of hydrogen-bond acceptors (Lipinski definition) is 9. The smallest absolute Gasteiger partial charge is 0.251 e. The van der Waals surface area contributed by atoms with E-state index in [4.69, 9.17) is 14.2 Å². The third-order valence-corrected chi connectivity index (χ3v) is 11.4. The number of anilines is 1. The van der Waals surface area contributed by atoms with Gasteiger partial charge in [-0.1, -0.05) is 61.0 Å². The van der Waals surface area contributed by atoms with Crippen molar-refractivity contribution in [1.82, 2.24) is 10.2 Å². The van der Waals surface area contributed by atoms with Crippen molar-refractivity contribution < 1.29 is 28.9 Å². The van der Waals surface area contributed by atoms with Crippen LogP contribution >= 0.6 is 0 Å². The number of likely N-dealkylation sites (tertiary alicyclic amines) is 1. The number of aliphatic hydroxyl groups excluding tert-OH is 1. The molecule has 1 saturated heterocycles. The van der Waals surface area contributed by atoms with Crippen molar-refractivity contribution in [3.8, 4) is 11.5 Å². The number of hydrogen-bond donors (Lipinski definition) is 2. The Hall–Kier alpha value is -6.04. The summed E-state index contributed by atoms with van der Waals surface area (Å²) in [6.45, 7) is 1.85. The van der Waals surface area contributed by atoms with Gasteiger partial charge in [-0.05, 0) is 115 Å². The third-order valence-electron chi connectivity index (χ3n) is 11.4. The van der Waals surface area contributed by atoms with Crippen molar-refractivity contribution in [2.24, 2.45) is 15.6 Å². The molecule has 0 aromatic heterocycles. The van der Waals surface area contributed by atoms with Gasteiger partial charge in [-0.3, -0.25) is 9.59 Å². The maximum absolute atomic E-state index is 13.3. The summed E-state index contributed by atoms with van der Waals surface area (Å²) in [7, 11) is 7.27. The number of unbranched alkanes of at least 4 members (excludes halogenated alkanes) is 2. The number of methoxy groups -OCH3 is 2. The molecule has 1 aliphatic heterocycles. The van der Waals surface area contributed by atoms with E-state index in [0.29, 0.717) is 50.1 Å². The second-order valence-electron chi connectivity index (χ2n) is 15.6. The topological polar surface area (TPSA) is 125 Å². The summed E-state index contributed by atoms with van der Waals surface area (Å²) in [5.74, 6) is 1.45. The van der Waals surface area contributed by atoms with Crippen LogP contribution in [0.1, 0.15) is 65.6 Å². The lowest BCUT2D eigenvalue weighted by Crippen LogP contribution is -2.48. The zero-order valence-corrected chi connectivity index (χ0v) is 35.2. The van der Waals surface area contributed by atoms with Gasteiger partial charge in [0.15, 0.2) is 0 Å². The molecule has 314 valence electrons. The van der Waals surface area contributed by atoms with Crippen LogP contribution in [0.25, 0.3) is 0 Å². The highest BCUT2D eigenvalue weighted by atomic mass is 16.5. The summed E-state index contributed by atoms with van der Waals surface area (Å²) >= 11 is 0. The minimum absolute atomic E-state index is 0.0570. The van der Waals surface area contributed by atoms with Crippen molar-refractivity contribution in [3.05, 3.63) is 150 Å². The molecule has 6 rings (SSSR count). The Morgan fingerprint density at radius 2 is 1.25 bits per heavy atom. The molecule has 0 aliphatic carbocycles. The maximum atomic E-state index is 13.3. The molecule has 0 saturated carbocycles. The minimum atomic E-state index is -0.994. The number of nitrogens with zero attached hydrogens (tertiary/aromatic N) is 4. The van der Waals surface area contributed by atoms with Crippen molar-refractivity contribution in [3.63, 3.8) is 0 Å². The first-order valence-electron chi connectivity index (χ1n) is 20.6. The monoisotopic (exact) mass is 811 g/mol. The average Bonchev–Trinajstić information content (AvgIpc) is 3.30. The highest BCUT2D eigenvalue weighted by Crippen LogP contribution is 2.44. The van der Waals surface area contributed by atoms with Gasteiger partial charge in [0.25, 0.3) is 5.91 Å². The number of piperidine rings is 1. The van der Waals surface area contributed by atoms with Crippen molar-refractivity contribution in [1.29, 1.82) is 0 Å². The molecule has 0 unspecified atom stereocenters. The van der Waals surface area contributed by atoms with Crippen LogP contribution in [0, 0.1) is 5.41 Å². The number of rotatable bonds is 19. The van der Waals surface area contributed by atoms with E-state index in [9.17, 15) is 14.7 Å². The SMILES string of the molecule is COc1ccc(C(OCC2(CO)CCN(C(=O)CCCCCNC(=O)c3ccc(N=Nc4ccc(N(C)C)cc4)cc3)CC2)(c2ccccc2)c2ccc(OC)cc2)cc1. The van der Waals surface area contributed by atoms with Crippen LogP contribution in [0.2, 0.25) is 0 Å². The molecule has 0 bridgehead atoms. The van der Waals surface area contributed by atoms with Gasteiger partial charge in [-0.15, -0.1) is 0 Å². The highest BCUT2D eigenvalue weighted by Gasteiger charge is 2.43. The van der Waals surface area contributed by atoms with E-state index in [1.165, 1.54) is 0 Å². The first-order valence-corrected chi connectivity index (χ1v) is 20.6. The van der Waals surface area contributed by atoms with Crippen molar-refractivity contribution in [2.45, 2.75) is 44.1 Å². The van der Waals surface area contributed by atoms with Gasteiger partial charge in [0.2, 0.25) is 5.91 Å². The van der Waals surface area contributed by atoms with Crippen LogP contribution in [0.5, 0.6) is 11.5 Å². The van der Waals surface area contributed by atoms with Crippen LogP contribution in [-0.4, -0.2) is 83.0 Å². The van der Waals surface area contributed by atoms with E-state index in [2.05, 4.69) is 27.7 Å². The van der Waals surface area contributed by atoms with Gasteiger partial charge < -0.3 is 34.4 Å². The number of amides is 2. The number of ether oxygens (including phenoxy) is 3. The molecule has 60 heavy (non-hydrogen) atoms. The van der Waals surface area contributed by atoms with Gasteiger partial charge in [0.05, 0.1) is 38.8 Å². The molecule has 0 radical (unpaired) electrons. The molecule has 2 amide bonds. The fraction of sp³-hybridized carbons (Fsp3) is 0.347. The molecule has 5 aromatic rings. The summed E-state index contributed by atoms with van der Waals surface area (Å²) in [5, 5.41) is 22.4. The van der Waals surface area contributed by atoms with E-state index < -0.39 is 11.0 Å². The van der Waals surface area contributed by atoms with E-state index in [1.54, 1.807) is 38.5 Å². The zero-order chi connectivity index (χ0) is 42.4. The van der Waals surface area contributed by atoms with Gasteiger partial charge in [0, 0.05) is 56.8 Å². The Bertz CT molecular complexity index is 2090. The van der Waals surface area contributed by atoms with Crippen LogP contribution in [-0.2, 0) is 15.1 Å². The molecule has 11 heteroatoms. The molecule has 2 N–H and O–H groups in total. The lowest BCUT2D eigenvalue weighted by Gasteiger charge is -2.44. The fourth-order valence-electron chi connectivity index (χ4n) is 7.57. The second kappa shape index (κ2) is 20.8. The maximum Gasteiger partial charge on any atom is 0.251 e. The number of aliphatic hydroxyl groups is 1. The van der Waals surface area contributed by atoms with E-state index in [-0.39, 0.29) is 25.0 Å². The summed E-state index contributed by atoms with van der Waals surface area (Å²) in [5.41, 5.74) is 4.34. The fourth-order valence-corrected chi connectivity index (χ4v) is 7.57. The summed E-state index contributed by atoms with van der Waals surface area (Å²) in [6, 6.07) is 40.8. The number of carbonyl (C=O) groups excluding carboxylic acids is 2. The van der Waals surface area contributed by atoms with E-state index in [1.807, 2.05) is 115 Å². The predicted molar refractivity (Wildman–Crippen MR) is 236 cm³/mol. The van der Waals surface area contributed by atoms with Crippen molar-refractivity contribution >= 4 is 28.9 Å². The number of benzene rings is 5. The molecule has 0 atom stereocenters. The van der Waals surface area contributed by atoms with E-state index in [0.717, 1.165) is 58.8 Å². The van der Waals surface area contributed by atoms with Gasteiger partial charge in [-0.25, -0.2) is 0 Å². The third kappa shape index (κ3) is 10.8. The van der Waals surface area contributed by atoms with Crippen LogP contribution in [0.15, 0.2) is 138 Å². The Labute approximate surface area is 354 Å². The van der Waals surface area contributed by atoms with Gasteiger partial charge in [0.1, 0.15) is 17.1 Å². The molecular formula is C49H57N5O6. The largest absolute Gasteiger partial charge is 0.497 e. The Kier molecular flexibility index (Phi) is 15.1. The Balaban J connectivity index is 0.980. The number of azo groups is 1. The summed E-state index contributed by atoms with van der Waals surface area (Å²) < 4.78 is 18.1. The molecule has 1 aliphatic rings. The molecule has 1 fully saturated rings. The Morgan fingerprint density at radius 1 is 0.717 bits per heavy atom. The Morgan fingerprint density at radius 3 is 1.77 bits per heavy atom. The predicted octanol–water partition coefficient (Wildman–Crippen LogP) is 9.09. The zero-order valence-electron chi connectivity index (χ0n) is 35.2. The molecule has 1 heterocycles. The lowest BCUT2D eigenvalue weighted by molar-refractivity contribution is -0.137. The molecular weight excluding hydrogens is 755 g/mol. The van der Waals surface area contributed by atoms with Gasteiger partial charge >= 0.3 is 0 Å². The van der Waals surface area contributed by atoms with Crippen LogP contribution in [0.3, 0.4) is 0 Å². The standard InChI is InChI=1S/C49H57N5O6/c1-53(2)43-24-22-42(23-25-43)52-51-41-20-14-37(15-21-41)47(57)50-32-10-6-9-13-46(56)54-33-30-48(35-55,31-34-54)36-60-49(38-11-7-5-8-12-38,39-16-26-44(58-3)27-17-39)40-18-28-45(59-4)29-19-40/h5,7-8,11-12,14-29,55H,6,9-10,13,30-36H2,1-4H3,(H,50,57). The van der Waals surface area contributed by atoms with Gasteiger partial charge in [-0.2, -0.15) is 10.2 Å². The molecule has 5 aromatic carbocycles. The number of carbonyl (C=O) groups is 2.